The molecule has 166 valence electrons. The van der Waals surface area contributed by atoms with Gasteiger partial charge in [-0.15, -0.1) is 0 Å². The highest BCUT2D eigenvalue weighted by Gasteiger charge is 2.33. The molecule has 2 aromatic carbocycles. The van der Waals surface area contributed by atoms with Crippen LogP contribution in [0, 0.1) is 5.92 Å². The lowest BCUT2D eigenvalue weighted by atomic mass is 9.87. The number of nitrogens with zero attached hydrogens (tertiary/aromatic N) is 2. The van der Waals surface area contributed by atoms with Crippen LogP contribution >= 0.6 is 0 Å². The summed E-state index contributed by atoms with van der Waals surface area (Å²) in [5.41, 5.74) is 3.39. The molecule has 2 aromatic rings. The Morgan fingerprint density at radius 1 is 1.13 bits per heavy atom. The standard InChI is InChI=1S/C26H34N2O3/c1-6-23(26(30)27(5)7-2)31-21-14-13-19-15-16-28(25(29)18(3)4)24(22(19)17-21)20-11-9-8-10-12-20/h8-14,17-18,23-24H,6-7,15-16H2,1-5H3. The van der Waals surface area contributed by atoms with Crippen LogP contribution in [0.4, 0.5) is 0 Å². The van der Waals surface area contributed by atoms with Gasteiger partial charge in [-0.3, -0.25) is 9.59 Å². The molecule has 0 bridgehead atoms. The van der Waals surface area contributed by atoms with Gasteiger partial charge in [-0.05, 0) is 48.6 Å². The van der Waals surface area contributed by atoms with Crippen molar-refractivity contribution in [1.29, 1.82) is 0 Å². The molecule has 0 fully saturated rings. The van der Waals surface area contributed by atoms with E-state index in [1.54, 1.807) is 11.9 Å². The van der Waals surface area contributed by atoms with E-state index in [0.29, 0.717) is 25.3 Å². The number of fused-ring (bicyclic) bond motifs is 1. The van der Waals surface area contributed by atoms with Crippen LogP contribution in [0.1, 0.15) is 56.8 Å². The quantitative estimate of drug-likeness (QED) is 0.662. The summed E-state index contributed by atoms with van der Waals surface area (Å²) in [6.07, 6.45) is 0.891. The van der Waals surface area contributed by atoms with Crippen LogP contribution in [-0.4, -0.2) is 47.9 Å². The van der Waals surface area contributed by atoms with E-state index < -0.39 is 6.10 Å². The number of benzene rings is 2. The molecule has 5 heteroatoms. The van der Waals surface area contributed by atoms with Gasteiger partial charge < -0.3 is 14.5 Å². The summed E-state index contributed by atoms with van der Waals surface area (Å²) >= 11 is 0. The minimum Gasteiger partial charge on any atom is -0.481 e. The van der Waals surface area contributed by atoms with Gasteiger partial charge in [0.1, 0.15) is 5.75 Å². The maximum absolute atomic E-state index is 13.0. The highest BCUT2D eigenvalue weighted by molar-refractivity contribution is 5.81. The SMILES string of the molecule is CCC(Oc1ccc2c(c1)C(c1ccccc1)N(C(=O)C(C)C)CC2)C(=O)N(C)CC. The van der Waals surface area contributed by atoms with Gasteiger partial charge in [-0.2, -0.15) is 0 Å². The fraction of sp³-hybridized carbons (Fsp3) is 0.462. The number of hydrogen-bond acceptors (Lipinski definition) is 3. The Balaban J connectivity index is 1.99. The van der Waals surface area contributed by atoms with Crippen LogP contribution in [-0.2, 0) is 16.0 Å². The van der Waals surface area contributed by atoms with Crippen LogP contribution in [0.15, 0.2) is 48.5 Å². The van der Waals surface area contributed by atoms with E-state index in [2.05, 4.69) is 18.2 Å². The van der Waals surface area contributed by atoms with Gasteiger partial charge in [0.2, 0.25) is 5.91 Å². The lowest BCUT2D eigenvalue weighted by molar-refractivity contribution is -0.137. The normalized spacial score (nSPS) is 16.6. The molecule has 0 spiro atoms. The predicted octanol–water partition coefficient (Wildman–Crippen LogP) is 4.45. The van der Waals surface area contributed by atoms with Gasteiger partial charge in [0.25, 0.3) is 5.91 Å². The molecule has 0 saturated carbocycles. The van der Waals surface area contributed by atoms with E-state index in [0.717, 1.165) is 17.5 Å². The van der Waals surface area contributed by atoms with Crippen molar-refractivity contribution >= 4 is 11.8 Å². The summed E-state index contributed by atoms with van der Waals surface area (Å²) in [6.45, 7) is 9.14. The maximum atomic E-state index is 13.0. The topological polar surface area (TPSA) is 49.9 Å². The maximum Gasteiger partial charge on any atom is 0.263 e. The fourth-order valence-corrected chi connectivity index (χ4v) is 4.10. The molecule has 2 unspecified atom stereocenters. The third-order valence-electron chi connectivity index (χ3n) is 6.01. The molecular weight excluding hydrogens is 388 g/mol. The van der Waals surface area contributed by atoms with Gasteiger partial charge in [-0.25, -0.2) is 0 Å². The monoisotopic (exact) mass is 422 g/mol. The molecule has 3 rings (SSSR count). The number of amides is 2. The van der Waals surface area contributed by atoms with Gasteiger partial charge in [-0.1, -0.05) is 57.2 Å². The number of carbonyl (C=O) groups is 2. The summed E-state index contributed by atoms with van der Waals surface area (Å²) in [5, 5.41) is 0. The molecule has 0 radical (unpaired) electrons. The molecule has 0 saturated heterocycles. The summed E-state index contributed by atoms with van der Waals surface area (Å²) in [6, 6.07) is 16.0. The van der Waals surface area contributed by atoms with Gasteiger partial charge in [0.05, 0.1) is 6.04 Å². The van der Waals surface area contributed by atoms with Crippen LogP contribution < -0.4 is 4.74 Å². The minimum absolute atomic E-state index is 0.0149. The third-order valence-corrected chi connectivity index (χ3v) is 6.01. The Kier molecular flexibility index (Phi) is 7.37. The fourth-order valence-electron chi connectivity index (χ4n) is 4.10. The Bertz CT molecular complexity index is 910. The highest BCUT2D eigenvalue weighted by atomic mass is 16.5. The Labute approximate surface area is 186 Å². The van der Waals surface area contributed by atoms with Crippen molar-refractivity contribution in [2.45, 2.75) is 52.7 Å². The lowest BCUT2D eigenvalue weighted by Crippen LogP contribution is -2.42. The van der Waals surface area contributed by atoms with Crippen molar-refractivity contribution in [2.75, 3.05) is 20.1 Å². The zero-order chi connectivity index (χ0) is 22.5. The number of rotatable bonds is 7. The summed E-state index contributed by atoms with van der Waals surface area (Å²) in [5.74, 6) is 0.734. The summed E-state index contributed by atoms with van der Waals surface area (Å²) in [4.78, 5) is 29.4. The van der Waals surface area contributed by atoms with Crippen LogP contribution in [0.3, 0.4) is 0 Å². The molecule has 2 amide bonds. The second-order valence-corrected chi connectivity index (χ2v) is 8.48. The van der Waals surface area contributed by atoms with Crippen molar-refractivity contribution < 1.29 is 14.3 Å². The zero-order valence-electron chi connectivity index (χ0n) is 19.3. The zero-order valence-corrected chi connectivity index (χ0v) is 19.3. The second kappa shape index (κ2) is 9.99. The molecule has 31 heavy (non-hydrogen) atoms. The van der Waals surface area contributed by atoms with Crippen molar-refractivity contribution in [3.8, 4) is 5.75 Å². The first-order valence-electron chi connectivity index (χ1n) is 11.3. The van der Waals surface area contributed by atoms with E-state index in [4.69, 9.17) is 4.74 Å². The highest BCUT2D eigenvalue weighted by Crippen LogP contribution is 2.38. The van der Waals surface area contributed by atoms with Crippen molar-refractivity contribution in [3.63, 3.8) is 0 Å². The number of ether oxygens (including phenoxy) is 1. The Hall–Kier alpha value is -2.82. The minimum atomic E-state index is -0.518. The molecule has 5 nitrogen and oxygen atoms in total. The third kappa shape index (κ3) is 4.92. The summed E-state index contributed by atoms with van der Waals surface area (Å²) in [7, 11) is 1.79. The summed E-state index contributed by atoms with van der Waals surface area (Å²) < 4.78 is 6.15. The number of hydrogen-bond donors (Lipinski definition) is 0. The molecule has 1 aliphatic heterocycles. The van der Waals surface area contributed by atoms with Crippen LogP contribution in [0.2, 0.25) is 0 Å². The molecule has 1 heterocycles. The van der Waals surface area contributed by atoms with E-state index in [9.17, 15) is 9.59 Å². The molecule has 1 aliphatic rings. The van der Waals surface area contributed by atoms with E-state index in [1.165, 1.54) is 5.56 Å². The van der Waals surface area contributed by atoms with Crippen molar-refractivity contribution in [2.24, 2.45) is 5.92 Å². The van der Waals surface area contributed by atoms with Gasteiger partial charge >= 0.3 is 0 Å². The first-order chi connectivity index (χ1) is 14.9. The predicted molar refractivity (Wildman–Crippen MR) is 123 cm³/mol. The Morgan fingerprint density at radius 3 is 2.45 bits per heavy atom. The molecular formula is C26H34N2O3. The number of carbonyl (C=O) groups excluding carboxylic acids is 2. The molecule has 2 atom stereocenters. The second-order valence-electron chi connectivity index (χ2n) is 8.48. The number of likely N-dealkylation sites (N-methyl/N-ethyl adjacent to an activating group) is 1. The van der Waals surface area contributed by atoms with Crippen LogP contribution in [0.25, 0.3) is 0 Å². The Morgan fingerprint density at radius 2 is 1.84 bits per heavy atom. The van der Waals surface area contributed by atoms with Crippen LogP contribution in [0.5, 0.6) is 5.75 Å². The van der Waals surface area contributed by atoms with E-state index in [1.807, 2.05) is 62.9 Å². The lowest BCUT2D eigenvalue weighted by Gasteiger charge is -2.39. The van der Waals surface area contributed by atoms with E-state index >= 15 is 0 Å². The largest absolute Gasteiger partial charge is 0.481 e. The smallest absolute Gasteiger partial charge is 0.263 e. The molecule has 0 aromatic heterocycles. The van der Waals surface area contributed by atoms with Crippen molar-refractivity contribution in [3.05, 3.63) is 65.2 Å². The van der Waals surface area contributed by atoms with E-state index in [-0.39, 0.29) is 23.8 Å². The average Bonchev–Trinajstić information content (AvgIpc) is 2.80. The first kappa shape index (κ1) is 22.9. The van der Waals surface area contributed by atoms with Crippen molar-refractivity contribution in [1.82, 2.24) is 9.80 Å². The first-order valence-corrected chi connectivity index (χ1v) is 11.3. The van der Waals surface area contributed by atoms with Gasteiger partial charge in [0.15, 0.2) is 6.10 Å². The molecule has 0 N–H and O–H groups in total. The average molecular weight is 423 g/mol. The van der Waals surface area contributed by atoms with Gasteiger partial charge in [0, 0.05) is 26.1 Å². The molecule has 0 aliphatic carbocycles.